The Hall–Kier alpha value is -0.570. The Kier molecular flexibility index (Phi) is 8.11. The zero-order valence-corrected chi connectivity index (χ0v) is 13.1. The molecule has 0 radical (unpaired) electrons. The van der Waals surface area contributed by atoms with Gasteiger partial charge in [0.05, 0.1) is 0 Å². The van der Waals surface area contributed by atoms with Crippen LogP contribution in [0.25, 0.3) is 0 Å². The molecule has 1 rings (SSSR count). The molecule has 1 N–H and O–H groups in total. The molecule has 0 aliphatic carbocycles. The number of amides is 1. The predicted molar refractivity (Wildman–Crippen MR) is 81.2 cm³/mol. The van der Waals surface area contributed by atoms with Crippen LogP contribution in [0, 0.1) is 11.8 Å². The zero-order valence-electron chi connectivity index (χ0n) is 13.1. The lowest BCUT2D eigenvalue weighted by atomic mass is 9.93. The first kappa shape index (κ1) is 16.5. The Bertz CT molecular complexity index is 243. The van der Waals surface area contributed by atoms with Crippen molar-refractivity contribution in [3.63, 3.8) is 0 Å². The Labute approximate surface area is 119 Å². The molecule has 1 saturated heterocycles. The van der Waals surface area contributed by atoms with Gasteiger partial charge in [-0.1, -0.05) is 26.7 Å². The van der Waals surface area contributed by atoms with Gasteiger partial charge in [-0.2, -0.15) is 0 Å². The van der Waals surface area contributed by atoms with Crippen LogP contribution in [0.1, 0.15) is 58.8 Å². The third kappa shape index (κ3) is 5.94. The van der Waals surface area contributed by atoms with Gasteiger partial charge in [-0.05, 0) is 51.1 Å². The first-order chi connectivity index (χ1) is 9.19. The van der Waals surface area contributed by atoms with E-state index in [0.29, 0.717) is 5.91 Å². The van der Waals surface area contributed by atoms with Crippen molar-refractivity contribution in [2.45, 2.75) is 58.8 Å². The summed E-state index contributed by atoms with van der Waals surface area (Å²) < 4.78 is 0. The molecule has 1 heterocycles. The van der Waals surface area contributed by atoms with E-state index in [-0.39, 0.29) is 5.92 Å². The van der Waals surface area contributed by atoms with Gasteiger partial charge in [0.15, 0.2) is 0 Å². The summed E-state index contributed by atoms with van der Waals surface area (Å²) in [5, 5.41) is 3.40. The fraction of sp³-hybridized carbons (Fsp3) is 0.938. The van der Waals surface area contributed by atoms with Gasteiger partial charge in [-0.3, -0.25) is 4.79 Å². The molecule has 0 spiro atoms. The SMILES string of the molecule is CCCC(CCC)C(=O)N(C)CCC1CCNCC1. The average Bonchev–Trinajstić information content (AvgIpc) is 2.45. The summed E-state index contributed by atoms with van der Waals surface area (Å²) >= 11 is 0. The van der Waals surface area contributed by atoms with E-state index < -0.39 is 0 Å². The van der Waals surface area contributed by atoms with Crippen molar-refractivity contribution in [3.05, 3.63) is 0 Å². The molecule has 0 bridgehead atoms. The lowest BCUT2D eigenvalue weighted by molar-refractivity contribution is -0.134. The number of piperidine rings is 1. The van der Waals surface area contributed by atoms with E-state index in [1.165, 1.54) is 19.3 Å². The van der Waals surface area contributed by atoms with Crippen LogP contribution in [0.15, 0.2) is 0 Å². The van der Waals surface area contributed by atoms with Gasteiger partial charge in [-0.15, -0.1) is 0 Å². The minimum atomic E-state index is 0.257. The molecule has 1 aliphatic heterocycles. The summed E-state index contributed by atoms with van der Waals surface area (Å²) in [6.07, 6.45) is 8.03. The molecule has 0 saturated carbocycles. The molecule has 112 valence electrons. The highest BCUT2D eigenvalue weighted by Crippen LogP contribution is 2.19. The molecule has 19 heavy (non-hydrogen) atoms. The number of nitrogens with zero attached hydrogens (tertiary/aromatic N) is 1. The van der Waals surface area contributed by atoms with Crippen molar-refractivity contribution in [2.24, 2.45) is 11.8 Å². The number of hydrogen-bond acceptors (Lipinski definition) is 2. The topological polar surface area (TPSA) is 32.3 Å². The normalized spacial score (nSPS) is 16.8. The van der Waals surface area contributed by atoms with Crippen LogP contribution in [-0.4, -0.2) is 37.5 Å². The minimum absolute atomic E-state index is 0.257. The fourth-order valence-electron chi connectivity index (χ4n) is 3.06. The van der Waals surface area contributed by atoms with Gasteiger partial charge in [-0.25, -0.2) is 0 Å². The van der Waals surface area contributed by atoms with Crippen molar-refractivity contribution in [1.82, 2.24) is 10.2 Å². The summed E-state index contributed by atoms with van der Waals surface area (Å²) in [5.41, 5.74) is 0. The third-order valence-corrected chi connectivity index (χ3v) is 4.33. The van der Waals surface area contributed by atoms with E-state index in [0.717, 1.165) is 51.2 Å². The molecule has 0 unspecified atom stereocenters. The number of hydrogen-bond donors (Lipinski definition) is 1. The number of carbonyl (C=O) groups excluding carboxylic acids is 1. The van der Waals surface area contributed by atoms with E-state index >= 15 is 0 Å². The maximum Gasteiger partial charge on any atom is 0.225 e. The zero-order chi connectivity index (χ0) is 14.1. The standard InChI is InChI=1S/C16H32N2O/c1-4-6-15(7-5-2)16(19)18(3)13-10-14-8-11-17-12-9-14/h14-15,17H,4-13H2,1-3H3. The van der Waals surface area contributed by atoms with Crippen molar-refractivity contribution in [1.29, 1.82) is 0 Å². The van der Waals surface area contributed by atoms with Crippen molar-refractivity contribution < 1.29 is 4.79 Å². The molecule has 0 aromatic heterocycles. The van der Waals surface area contributed by atoms with Crippen LogP contribution in [0.5, 0.6) is 0 Å². The van der Waals surface area contributed by atoms with Crippen LogP contribution >= 0.6 is 0 Å². The number of nitrogens with one attached hydrogen (secondary N) is 1. The molecule has 1 amide bonds. The second-order valence-corrected chi connectivity index (χ2v) is 6.02. The maximum absolute atomic E-state index is 12.4. The third-order valence-electron chi connectivity index (χ3n) is 4.33. The first-order valence-electron chi connectivity index (χ1n) is 8.14. The second-order valence-electron chi connectivity index (χ2n) is 6.02. The average molecular weight is 268 g/mol. The number of rotatable bonds is 8. The highest BCUT2D eigenvalue weighted by molar-refractivity contribution is 5.78. The van der Waals surface area contributed by atoms with E-state index in [4.69, 9.17) is 0 Å². The van der Waals surface area contributed by atoms with Crippen molar-refractivity contribution in [3.8, 4) is 0 Å². The van der Waals surface area contributed by atoms with Crippen LogP contribution in [-0.2, 0) is 4.79 Å². The van der Waals surface area contributed by atoms with E-state index in [1.54, 1.807) is 0 Å². The maximum atomic E-state index is 12.4. The van der Waals surface area contributed by atoms with Crippen LogP contribution in [0.2, 0.25) is 0 Å². The quantitative estimate of drug-likeness (QED) is 0.734. The molecule has 0 atom stereocenters. The largest absolute Gasteiger partial charge is 0.346 e. The summed E-state index contributed by atoms with van der Waals surface area (Å²) in [7, 11) is 1.99. The van der Waals surface area contributed by atoms with Crippen LogP contribution < -0.4 is 5.32 Å². The predicted octanol–water partition coefficient (Wildman–Crippen LogP) is 3.05. The van der Waals surface area contributed by atoms with Gasteiger partial charge < -0.3 is 10.2 Å². The fourth-order valence-corrected chi connectivity index (χ4v) is 3.06. The van der Waals surface area contributed by atoms with Gasteiger partial charge in [0.1, 0.15) is 0 Å². The Morgan fingerprint density at radius 1 is 1.21 bits per heavy atom. The molecule has 0 aromatic rings. The minimum Gasteiger partial charge on any atom is -0.346 e. The summed E-state index contributed by atoms with van der Waals surface area (Å²) in [4.78, 5) is 14.4. The molecule has 0 aromatic carbocycles. The van der Waals surface area contributed by atoms with Gasteiger partial charge in [0.25, 0.3) is 0 Å². The molecule has 1 fully saturated rings. The Balaban J connectivity index is 2.32. The Morgan fingerprint density at radius 3 is 2.32 bits per heavy atom. The smallest absolute Gasteiger partial charge is 0.225 e. The first-order valence-corrected chi connectivity index (χ1v) is 8.14. The second kappa shape index (κ2) is 9.35. The van der Waals surface area contributed by atoms with Crippen LogP contribution in [0.4, 0.5) is 0 Å². The van der Waals surface area contributed by atoms with E-state index in [2.05, 4.69) is 19.2 Å². The summed E-state index contributed by atoms with van der Waals surface area (Å²) in [5.74, 6) is 1.44. The summed E-state index contributed by atoms with van der Waals surface area (Å²) in [6, 6.07) is 0. The van der Waals surface area contributed by atoms with E-state index in [9.17, 15) is 4.79 Å². The lowest BCUT2D eigenvalue weighted by Gasteiger charge is -2.27. The molecule has 1 aliphatic rings. The Morgan fingerprint density at radius 2 is 1.79 bits per heavy atom. The molecular weight excluding hydrogens is 236 g/mol. The van der Waals surface area contributed by atoms with E-state index in [1.807, 2.05) is 11.9 Å². The van der Waals surface area contributed by atoms with Gasteiger partial charge in [0.2, 0.25) is 5.91 Å². The van der Waals surface area contributed by atoms with Crippen LogP contribution in [0.3, 0.4) is 0 Å². The molecule has 3 nitrogen and oxygen atoms in total. The van der Waals surface area contributed by atoms with Crippen molar-refractivity contribution >= 4 is 5.91 Å². The molecular formula is C16H32N2O. The molecule has 3 heteroatoms. The highest BCUT2D eigenvalue weighted by Gasteiger charge is 2.21. The lowest BCUT2D eigenvalue weighted by Crippen LogP contribution is -2.36. The van der Waals surface area contributed by atoms with Gasteiger partial charge >= 0.3 is 0 Å². The van der Waals surface area contributed by atoms with Crippen molar-refractivity contribution in [2.75, 3.05) is 26.7 Å². The van der Waals surface area contributed by atoms with Gasteiger partial charge in [0, 0.05) is 19.5 Å². The number of carbonyl (C=O) groups is 1. The monoisotopic (exact) mass is 268 g/mol. The summed E-state index contributed by atoms with van der Waals surface area (Å²) in [6.45, 7) is 7.58. The highest BCUT2D eigenvalue weighted by atomic mass is 16.2.